The number of para-hydroxylation sites is 1. The Morgan fingerprint density at radius 2 is 1.55 bits per heavy atom. The van der Waals surface area contributed by atoms with Crippen LogP contribution in [-0.2, 0) is 23.3 Å². The van der Waals surface area contributed by atoms with Crippen molar-refractivity contribution in [1.82, 2.24) is 0 Å². The monoisotopic (exact) mass is 728 g/mol. The number of nitrogens with zero attached hydrogens (tertiary/aromatic N) is 4. The fraction of sp³-hybridized carbons (Fsp3) is 0.312. The molecule has 55 heavy (non-hydrogen) atoms. The number of hydrogen-bond acceptors (Lipinski definition) is 7. The van der Waals surface area contributed by atoms with E-state index >= 15 is 0 Å². The smallest absolute Gasteiger partial charge is 0.172 e. The topological polar surface area (TPSA) is 113 Å². The lowest BCUT2D eigenvalue weighted by Gasteiger charge is -2.36. The Morgan fingerprint density at radius 1 is 0.873 bits per heavy atom. The number of aliphatic hydroxyl groups is 1. The summed E-state index contributed by atoms with van der Waals surface area (Å²) in [5, 5.41) is 39.2. The summed E-state index contributed by atoms with van der Waals surface area (Å²) in [6, 6.07) is 32.6. The van der Waals surface area contributed by atoms with Crippen LogP contribution < -0.4 is 9.64 Å². The molecular weight excluding hydrogens is 681 g/mol. The van der Waals surface area contributed by atoms with Crippen molar-refractivity contribution in [2.24, 2.45) is 11.3 Å². The predicted octanol–water partition coefficient (Wildman–Crippen LogP) is 10.6. The first-order valence-corrected chi connectivity index (χ1v) is 18.7. The van der Waals surface area contributed by atoms with E-state index in [9.17, 15) is 20.9 Å². The van der Waals surface area contributed by atoms with Gasteiger partial charge in [-0.1, -0.05) is 114 Å². The van der Waals surface area contributed by atoms with Crippen LogP contribution in [0.15, 0.2) is 148 Å². The Morgan fingerprint density at radius 3 is 2.18 bits per heavy atom. The van der Waals surface area contributed by atoms with Crippen molar-refractivity contribution in [3.05, 3.63) is 165 Å². The maximum atomic E-state index is 10.2. The van der Waals surface area contributed by atoms with Crippen molar-refractivity contribution >= 4 is 5.69 Å². The zero-order chi connectivity index (χ0) is 39.5. The highest BCUT2D eigenvalue weighted by molar-refractivity contribution is 5.71. The SMILES string of the molecule is CC1(C)OC(=C(C#N)C#N)C(C#N)=C1C=CC1=C(Oc2ccc(CO)cc2)C(=CC=C2N(Cc3ccccc3)c3ccccc3C2(C)C)CC(C(C)(C)C)C1. The van der Waals surface area contributed by atoms with Gasteiger partial charge in [-0.15, -0.1) is 0 Å². The van der Waals surface area contributed by atoms with Crippen LogP contribution in [0.1, 0.15) is 78.0 Å². The van der Waals surface area contributed by atoms with Crippen molar-refractivity contribution in [2.45, 2.75) is 85.5 Å². The molecule has 1 N–H and O–H groups in total. The number of ether oxygens (including phenoxy) is 2. The van der Waals surface area contributed by atoms with E-state index in [2.05, 4.69) is 106 Å². The first-order chi connectivity index (χ1) is 26.2. The van der Waals surface area contributed by atoms with E-state index in [0.717, 1.165) is 41.9 Å². The van der Waals surface area contributed by atoms with Crippen molar-refractivity contribution < 1.29 is 14.6 Å². The molecule has 0 amide bonds. The molecule has 0 saturated heterocycles. The summed E-state index contributed by atoms with van der Waals surface area (Å²) in [5.74, 6) is 1.64. The Balaban J connectivity index is 1.54. The number of benzene rings is 3. The second-order valence-electron chi connectivity index (χ2n) is 16.5. The Hall–Kier alpha value is -6.07. The maximum Gasteiger partial charge on any atom is 0.172 e. The van der Waals surface area contributed by atoms with E-state index < -0.39 is 5.60 Å². The van der Waals surface area contributed by atoms with Crippen LogP contribution in [0.3, 0.4) is 0 Å². The fourth-order valence-corrected chi connectivity index (χ4v) is 7.73. The van der Waals surface area contributed by atoms with Gasteiger partial charge in [-0.3, -0.25) is 0 Å². The molecule has 0 spiro atoms. The average molecular weight is 729 g/mol. The van der Waals surface area contributed by atoms with Crippen LogP contribution in [0.2, 0.25) is 0 Å². The molecule has 3 aliphatic rings. The van der Waals surface area contributed by atoms with E-state index in [1.165, 1.54) is 22.5 Å². The molecule has 278 valence electrons. The van der Waals surface area contributed by atoms with Crippen molar-refractivity contribution in [2.75, 3.05) is 4.90 Å². The third-order valence-corrected chi connectivity index (χ3v) is 11.0. The van der Waals surface area contributed by atoms with Gasteiger partial charge in [0.25, 0.3) is 0 Å². The second-order valence-corrected chi connectivity index (χ2v) is 16.5. The molecule has 0 radical (unpaired) electrons. The standard InChI is InChI=1S/C48H48N4O3/c1-46(2,3)37-25-34(19-23-40-39(29-51)45(36(27-49)28-50)55-48(40,6)7)44(54-38-21-17-33(31-53)18-22-38)35(26-37)20-24-43-47(4,5)41-15-11-12-16-42(41)52(43)30-32-13-9-8-10-14-32/h8-24,37,53H,25-26,30-31H2,1-7H3. The van der Waals surface area contributed by atoms with Gasteiger partial charge in [-0.2, -0.15) is 15.8 Å². The summed E-state index contributed by atoms with van der Waals surface area (Å²) in [5.41, 5.74) is 6.94. The first-order valence-electron chi connectivity index (χ1n) is 18.7. The van der Waals surface area contributed by atoms with Gasteiger partial charge in [-0.25, -0.2) is 0 Å². The third kappa shape index (κ3) is 7.79. The first kappa shape index (κ1) is 38.6. The fourth-order valence-electron chi connectivity index (χ4n) is 7.73. The van der Waals surface area contributed by atoms with E-state index in [0.29, 0.717) is 11.3 Å². The van der Waals surface area contributed by atoms with Gasteiger partial charge in [0, 0.05) is 28.9 Å². The minimum absolute atomic E-state index is 0.00947. The zero-order valence-electron chi connectivity index (χ0n) is 32.8. The summed E-state index contributed by atoms with van der Waals surface area (Å²) in [6.07, 6.45) is 9.87. The summed E-state index contributed by atoms with van der Waals surface area (Å²) in [6.45, 7) is 15.7. The molecule has 0 bridgehead atoms. The second kappa shape index (κ2) is 15.3. The summed E-state index contributed by atoms with van der Waals surface area (Å²) in [7, 11) is 0. The van der Waals surface area contributed by atoms with Crippen LogP contribution in [0.5, 0.6) is 5.75 Å². The molecule has 2 aliphatic heterocycles. The molecule has 2 heterocycles. The van der Waals surface area contributed by atoms with E-state index in [4.69, 9.17) is 9.47 Å². The molecule has 0 aromatic heterocycles. The highest BCUT2D eigenvalue weighted by Gasteiger charge is 2.41. The van der Waals surface area contributed by atoms with Gasteiger partial charge < -0.3 is 19.5 Å². The van der Waals surface area contributed by atoms with Crippen molar-refractivity contribution in [3.8, 4) is 24.0 Å². The van der Waals surface area contributed by atoms with Gasteiger partial charge in [0.05, 0.1) is 6.61 Å². The number of fused-ring (bicyclic) bond motifs is 1. The highest BCUT2D eigenvalue weighted by Crippen LogP contribution is 2.49. The molecule has 0 saturated carbocycles. The Labute approximate surface area is 325 Å². The molecule has 1 atom stereocenters. The number of nitriles is 3. The molecule has 0 fully saturated rings. The van der Waals surface area contributed by atoms with Gasteiger partial charge in [0.15, 0.2) is 11.3 Å². The minimum atomic E-state index is -0.954. The van der Waals surface area contributed by atoms with Crippen LogP contribution in [-0.4, -0.2) is 10.7 Å². The normalized spacial score (nSPS) is 20.3. The van der Waals surface area contributed by atoms with Crippen LogP contribution >= 0.6 is 0 Å². The number of allylic oxidation sites excluding steroid dienone is 8. The lowest BCUT2D eigenvalue weighted by Crippen LogP contribution is -2.27. The van der Waals surface area contributed by atoms with Gasteiger partial charge >= 0.3 is 0 Å². The van der Waals surface area contributed by atoms with Gasteiger partial charge in [-0.05, 0) is 90.1 Å². The van der Waals surface area contributed by atoms with Gasteiger partial charge in [0.1, 0.15) is 40.9 Å². The number of aliphatic hydroxyl groups excluding tert-OH is 1. The lowest BCUT2D eigenvalue weighted by atomic mass is 9.70. The van der Waals surface area contributed by atoms with E-state index in [1.54, 1.807) is 0 Å². The lowest BCUT2D eigenvalue weighted by molar-refractivity contribution is 0.0954. The van der Waals surface area contributed by atoms with Crippen molar-refractivity contribution in [3.63, 3.8) is 0 Å². The van der Waals surface area contributed by atoms with Crippen LogP contribution in [0, 0.1) is 45.3 Å². The predicted molar refractivity (Wildman–Crippen MR) is 216 cm³/mol. The van der Waals surface area contributed by atoms with Crippen molar-refractivity contribution in [1.29, 1.82) is 15.8 Å². The zero-order valence-corrected chi connectivity index (χ0v) is 32.8. The maximum absolute atomic E-state index is 10.2. The molecular formula is C48H48N4O3. The van der Waals surface area contributed by atoms with Crippen LogP contribution in [0.4, 0.5) is 5.69 Å². The molecule has 3 aromatic rings. The quantitative estimate of drug-likeness (QED) is 0.230. The molecule has 7 heteroatoms. The number of anilines is 1. The highest BCUT2D eigenvalue weighted by atomic mass is 16.5. The number of rotatable bonds is 8. The summed E-state index contributed by atoms with van der Waals surface area (Å²) >= 11 is 0. The molecule has 3 aromatic carbocycles. The summed E-state index contributed by atoms with van der Waals surface area (Å²) < 4.78 is 12.9. The summed E-state index contributed by atoms with van der Waals surface area (Å²) in [4.78, 5) is 2.42. The molecule has 1 aliphatic carbocycles. The molecule has 6 rings (SSSR count). The molecule has 7 nitrogen and oxygen atoms in total. The van der Waals surface area contributed by atoms with E-state index in [-0.39, 0.29) is 40.3 Å². The van der Waals surface area contributed by atoms with E-state index in [1.807, 2.05) is 68.5 Å². The third-order valence-electron chi connectivity index (χ3n) is 11.0. The molecule has 1 unspecified atom stereocenters. The Bertz CT molecular complexity index is 2270. The van der Waals surface area contributed by atoms with Crippen LogP contribution in [0.25, 0.3) is 0 Å². The average Bonchev–Trinajstić information content (AvgIpc) is 3.55. The Kier molecular flexibility index (Phi) is 10.8. The number of hydrogen-bond donors (Lipinski definition) is 1. The largest absolute Gasteiger partial charge is 0.480 e. The van der Waals surface area contributed by atoms with Gasteiger partial charge in [0.2, 0.25) is 0 Å². The minimum Gasteiger partial charge on any atom is -0.480 e.